The fraction of sp³-hybridized carbons (Fsp3) is 0.412. The number of amides is 1. The van der Waals surface area contributed by atoms with Crippen molar-refractivity contribution in [2.45, 2.75) is 44.2 Å². The Labute approximate surface area is 141 Å². The van der Waals surface area contributed by atoms with Crippen molar-refractivity contribution in [2.24, 2.45) is 0 Å². The van der Waals surface area contributed by atoms with Crippen LogP contribution in [-0.2, 0) is 6.18 Å². The Kier molecular flexibility index (Phi) is 4.89. The Morgan fingerprint density at radius 3 is 2.58 bits per heavy atom. The molecule has 0 bridgehead atoms. The highest BCUT2D eigenvalue weighted by atomic mass is 32.1. The van der Waals surface area contributed by atoms with Crippen LogP contribution in [0.15, 0.2) is 29.8 Å². The van der Waals surface area contributed by atoms with E-state index in [1.165, 1.54) is 6.42 Å². The quantitative estimate of drug-likeness (QED) is 0.795. The zero-order valence-corrected chi connectivity index (χ0v) is 13.7. The Balaban J connectivity index is 1.84. The lowest BCUT2D eigenvalue weighted by atomic mass is 9.83. The highest BCUT2D eigenvalue weighted by Crippen LogP contribution is 2.37. The standard InChI is InChI=1S/C17H17F3N2OS/c18-17(19,20)15-14(24-10-21-15)16(23)22-13-9-5-4-8-12(13)11-6-2-1-3-7-11/h4-5,8-11H,1-3,6-7H2,(H,22,23). The molecule has 7 heteroatoms. The molecule has 0 aliphatic heterocycles. The van der Waals surface area contributed by atoms with E-state index in [2.05, 4.69) is 10.3 Å². The van der Waals surface area contributed by atoms with Crippen molar-refractivity contribution >= 4 is 22.9 Å². The molecule has 24 heavy (non-hydrogen) atoms. The van der Waals surface area contributed by atoms with E-state index in [1.54, 1.807) is 12.1 Å². The number of nitrogens with zero attached hydrogens (tertiary/aromatic N) is 1. The van der Waals surface area contributed by atoms with Gasteiger partial charge in [0.25, 0.3) is 5.91 Å². The molecule has 0 spiro atoms. The topological polar surface area (TPSA) is 42.0 Å². The molecule has 2 aromatic rings. The summed E-state index contributed by atoms with van der Waals surface area (Å²) < 4.78 is 38.7. The van der Waals surface area contributed by atoms with Crippen LogP contribution in [0, 0.1) is 0 Å². The van der Waals surface area contributed by atoms with Gasteiger partial charge in [0.2, 0.25) is 0 Å². The molecule has 1 fully saturated rings. The predicted octanol–water partition coefficient (Wildman–Crippen LogP) is 5.46. The van der Waals surface area contributed by atoms with Crippen LogP contribution < -0.4 is 5.32 Å². The zero-order valence-electron chi connectivity index (χ0n) is 12.9. The molecular weight excluding hydrogens is 337 g/mol. The summed E-state index contributed by atoms with van der Waals surface area (Å²) in [5.74, 6) is -0.410. The summed E-state index contributed by atoms with van der Waals surface area (Å²) in [5.41, 5.74) is 1.52. The van der Waals surface area contributed by atoms with Crippen molar-refractivity contribution in [1.82, 2.24) is 4.98 Å². The van der Waals surface area contributed by atoms with E-state index >= 15 is 0 Å². The monoisotopic (exact) mass is 354 g/mol. The summed E-state index contributed by atoms with van der Waals surface area (Å²) in [7, 11) is 0. The molecule has 1 aromatic heterocycles. The van der Waals surface area contributed by atoms with Crippen LogP contribution in [0.4, 0.5) is 18.9 Å². The summed E-state index contributed by atoms with van der Waals surface area (Å²) in [5, 5.41) is 2.65. The van der Waals surface area contributed by atoms with Crippen molar-refractivity contribution in [2.75, 3.05) is 5.32 Å². The Hall–Kier alpha value is -1.89. The molecule has 1 heterocycles. The van der Waals surface area contributed by atoms with Gasteiger partial charge in [-0.2, -0.15) is 13.2 Å². The molecule has 1 aromatic carbocycles. The molecule has 3 rings (SSSR count). The van der Waals surface area contributed by atoms with Crippen molar-refractivity contribution in [3.8, 4) is 0 Å². The number of benzene rings is 1. The molecule has 0 unspecified atom stereocenters. The number of nitrogens with one attached hydrogen (secondary N) is 1. The molecule has 1 amide bonds. The van der Waals surface area contributed by atoms with Gasteiger partial charge in [-0.15, -0.1) is 11.3 Å². The van der Waals surface area contributed by atoms with E-state index in [-0.39, 0.29) is 0 Å². The van der Waals surface area contributed by atoms with E-state index in [1.807, 2.05) is 12.1 Å². The molecule has 3 nitrogen and oxygen atoms in total. The first-order chi connectivity index (χ1) is 11.5. The number of carbonyl (C=O) groups excluding carboxylic acids is 1. The maximum Gasteiger partial charge on any atom is 0.434 e. The minimum Gasteiger partial charge on any atom is -0.321 e. The maximum absolute atomic E-state index is 12.9. The van der Waals surface area contributed by atoms with Crippen LogP contribution in [0.2, 0.25) is 0 Å². The number of hydrogen-bond acceptors (Lipinski definition) is 3. The average Bonchev–Trinajstić information content (AvgIpc) is 3.06. The van der Waals surface area contributed by atoms with Gasteiger partial charge in [0, 0.05) is 5.69 Å². The van der Waals surface area contributed by atoms with Gasteiger partial charge in [0.1, 0.15) is 4.88 Å². The summed E-state index contributed by atoms with van der Waals surface area (Å²) in [6.07, 6.45) is 0.943. The lowest BCUT2D eigenvalue weighted by Gasteiger charge is -2.24. The molecule has 1 aliphatic rings. The molecule has 0 radical (unpaired) electrons. The number of hydrogen-bond donors (Lipinski definition) is 1. The number of carbonyl (C=O) groups is 1. The van der Waals surface area contributed by atoms with Crippen molar-refractivity contribution in [1.29, 1.82) is 0 Å². The van der Waals surface area contributed by atoms with Gasteiger partial charge in [-0.1, -0.05) is 37.5 Å². The van der Waals surface area contributed by atoms with Gasteiger partial charge in [0.15, 0.2) is 5.69 Å². The first kappa shape index (κ1) is 17.0. The normalized spacial score (nSPS) is 16.1. The summed E-state index contributed by atoms with van der Waals surface area (Å²) in [6.45, 7) is 0. The maximum atomic E-state index is 12.9. The van der Waals surface area contributed by atoms with E-state index in [9.17, 15) is 18.0 Å². The fourth-order valence-corrected chi connectivity index (χ4v) is 3.87. The molecule has 0 atom stereocenters. The van der Waals surface area contributed by atoms with E-state index in [0.717, 1.165) is 36.8 Å². The fourth-order valence-electron chi connectivity index (χ4n) is 3.17. The number of halogens is 3. The van der Waals surface area contributed by atoms with Crippen LogP contribution in [0.1, 0.15) is 59.0 Å². The highest BCUT2D eigenvalue weighted by molar-refractivity contribution is 7.12. The number of aromatic nitrogens is 1. The van der Waals surface area contributed by atoms with Crippen LogP contribution in [0.3, 0.4) is 0 Å². The summed E-state index contributed by atoms with van der Waals surface area (Å²) in [6, 6.07) is 7.37. The SMILES string of the molecule is O=C(Nc1ccccc1C1CCCCC1)c1scnc1C(F)(F)F. The lowest BCUT2D eigenvalue weighted by molar-refractivity contribution is -0.141. The van der Waals surface area contributed by atoms with Crippen molar-refractivity contribution in [3.05, 3.63) is 45.9 Å². The second-order valence-electron chi connectivity index (χ2n) is 5.90. The van der Waals surface area contributed by atoms with E-state index in [0.29, 0.717) is 22.9 Å². The van der Waals surface area contributed by atoms with Crippen molar-refractivity contribution in [3.63, 3.8) is 0 Å². The number of para-hydroxylation sites is 1. The Morgan fingerprint density at radius 1 is 1.17 bits per heavy atom. The van der Waals surface area contributed by atoms with Gasteiger partial charge in [-0.25, -0.2) is 4.98 Å². The molecule has 1 N–H and O–H groups in total. The third-order valence-corrected chi connectivity index (χ3v) is 5.12. The Morgan fingerprint density at radius 2 is 1.88 bits per heavy atom. The van der Waals surface area contributed by atoms with E-state index in [4.69, 9.17) is 0 Å². The minimum absolute atomic E-state index is 0.346. The van der Waals surface area contributed by atoms with Crippen LogP contribution in [-0.4, -0.2) is 10.9 Å². The molecule has 1 aliphatic carbocycles. The highest BCUT2D eigenvalue weighted by Gasteiger charge is 2.38. The van der Waals surface area contributed by atoms with Crippen LogP contribution in [0.25, 0.3) is 0 Å². The van der Waals surface area contributed by atoms with Gasteiger partial charge < -0.3 is 5.32 Å². The summed E-state index contributed by atoms with van der Waals surface area (Å²) >= 11 is 0.702. The lowest BCUT2D eigenvalue weighted by Crippen LogP contribution is -2.18. The van der Waals surface area contributed by atoms with Gasteiger partial charge >= 0.3 is 6.18 Å². The first-order valence-corrected chi connectivity index (χ1v) is 8.75. The Bertz CT molecular complexity index is 721. The zero-order chi connectivity index (χ0) is 17.2. The molecule has 128 valence electrons. The summed E-state index contributed by atoms with van der Waals surface area (Å²) in [4.78, 5) is 15.2. The third-order valence-electron chi connectivity index (χ3n) is 4.30. The van der Waals surface area contributed by atoms with Gasteiger partial charge in [-0.3, -0.25) is 4.79 Å². The second kappa shape index (κ2) is 6.93. The predicted molar refractivity (Wildman–Crippen MR) is 87.3 cm³/mol. The number of alkyl halides is 3. The molecular formula is C17H17F3N2OS. The van der Waals surface area contributed by atoms with Gasteiger partial charge in [0.05, 0.1) is 5.51 Å². The van der Waals surface area contributed by atoms with E-state index < -0.39 is 22.7 Å². The van der Waals surface area contributed by atoms with Gasteiger partial charge in [-0.05, 0) is 30.4 Å². The first-order valence-electron chi connectivity index (χ1n) is 7.88. The number of anilines is 1. The number of rotatable bonds is 3. The molecule has 0 saturated heterocycles. The second-order valence-corrected chi connectivity index (χ2v) is 6.76. The average molecular weight is 354 g/mol. The minimum atomic E-state index is -4.63. The molecule has 1 saturated carbocycles. The van der Waals surface area contributed by atoms with Crippen LogP contribution >= 0.6 is 11.3 Å². The third kappa shape index (κ3) is 3.61. The number of thiazole rings is 1. The largest absolute Gasteiger partial charge is 0.434 e. The van der Waals surface area contributed by atoms with Crippen molar-refractivity contribution < 1.29 is 18.0 Å². The smallest absolute Gasteiger partial charge is 0.321 e. The van der Waals surface area contributed by atoms with Crippen LogP contribution in [0.5, 0.6) is 0 Å².